The molecule has 2 aromatic heterocycles. The van der Waals surface area contributed by atoms with Crippen molar-refractivity contribution >= 4 is 5.95 Å². The highest BCUT2D eigenvalue weighted by molar-refractivity contribution is 5.36. The van der Waals surface area contributed by atoms with Gasteiger partial charge in [0.15, 0.2) is 5.75 Å². The number of aliphatic hydroxyl groups excluding tert-OH is 1. The van der Waals surface area contributed by atoms with Gasteiger partial charge < -0.3 is 19.5 Å². The number of nitrogens with zero attached hydrogens (tertiary/aromatic N) is 5. The lowest BCUT2D eigenvalue weighted by molar-refractivity contribution is 0.0737. The molecule has 0 bridgehead atoms. The van der Waals surface area contributed by atoms with Gasteiger partial charge in [0.05, 0.1) is 25.5 Å². The number of hydrogen-bond donors (Lipinski definition) is 1. The third kappa shape index (κ3) is 3.60. The van der Waals surface area contributed by atoms with Gasteiger partial charge in [-0.3, -0.25) is 4.68 Å². The Morgan fingerprint density at radius 3 is 2.73 bits per heavy atom. The molecule has 1 N–H and O–H groups in total. The minimum absolute atomic E-state index is 0.374. The zero-order valence-electron chi connectivity index (χ0n) is 14.3. The second-order valence-electron chi connectivity index (χ2n) is 6.09. The zero-order valence-corrected chi connectivity index (χ0v) is 14.3. The Morgan fingerprint density at radius 1 is 1.12 bits per heavy atom. The number of anilines is 1. The van der Waals surface area contributed by atoms with E-state index in [1.165, 1.54) is 0 Å². The fraction of sp³-hybridized carbons (Fsp3) is 0.278. The number of aryl methyl sites for hydroxylation is 1. The minimum atomic E-state index is -0.641. The number of aromatic nitrogens is 4. The van der Waals surface area contributed by atoms with Crippen LogP contribution < -0.4 is 14.4 Å². The van der Waals surface area contributed by atoms with Crippen LogP contribution in [0.25, 0.3) is 0 Å². The lowest BCUT2D eigenvalue weighted by Crippen LogP contribution is -2.29. The molecule has 0 amide bonds. The maximum atomic E-state index is 10.3. The number of para-hydroxylation sites is 1. The first-order chi connectivity index (χ1) is 12.7. The molecule has 2 atom stereocenters. The molecule has 134 valence electrons. The van der Waals surface area contributed by atoms with Crippen LogP contribution in [0.3, 0.4) is 0 Å². The lowest BCUT2D eigenvalue weighted by atomic mass is 10.3. The van der Waals surface area contributed by atoms with E-state index < -0.39 is 6.10 Å². The Balaban J connectivity index is 1.45. The first-order valence-corrected chi connectivity index (χ1v) is 8.31. The fourth-order valence-corrected chi connectivity index (χ4v) is 2.82. The van der Waals surface area contributed by atoms with Crippen molar-refractivity contribution in [2.75, 3.05) is 18.0 Å². The smallest absolute Gasteiger partial charge is 0.228 e. The van der Waals surface area contributed by atoms with Crippen LogP contribution in [0.5, 0.6) is 17.4 Å². The van der Waals surface area contributed by atoms with Gasteiger partial charge in [-0.25, -0.2) is 4.98 Å². The summed E-state index contributed by atoms with van der Waals surface area (Å²) < 4.78 is 13.2. The van der Waals surface area contributed by atoms with Gasteiger partial charge in [0, 0.05) is 19.3 Å². The number of benzene rings is 1. The van der Waals surface area contributed by atoms with Gasteiger partial charge in [-0.05, 0) is 12.1 Å². The molecule has 0 saturated carbocycles. The predicted molar refractivity (Wildman–Crippen MR) is 94.4 cm³/mol. The average molecular weight is 353 g/mol. The SMILES string of the molecule is Cn1cc(O[C@@H]2CN(c3nccc(Oc4ccccc4)n3)C[C@H]2O)cn1. The van der Waals surface area contributed by atoms with Crippen LogP contribution in [-0.2, 0) is 7.05 Å². The normalized spacial score (nSPS) is 19.5. The zero-order chi connectivity index (χ0) is 17.9. The van der Waals surface area contributed by atoms with Crippen molar-refractivity contribution in [1.29, 1.82) is 0 Å². The molecule has 1 aliphatic heterocycles. The maximum Gasteiger partial charge on any atom is 0.228 e. The highest BCUT2D eigenvalue weighted by atomic mass is 16.5. The minimum Gasteiger partial charge on any atom is -0.482 e. The first-order valence-electron chi connectivity index (χ1n) is 8.31. The largest absolute Gasteiger partial charge is 0.482 e. The number of rotatable bonds is 5. The topological polar surface area (TPSA) is 85.5 Å². The van der Waals surface area contributed by atoms with Crippen LogP contribution in [0.2, 0.25) is 0 Å². The summed E-state index contributed by atoms with van der Waals surface area (Å²) >= 11 is 0. The Kier molecular flexibility index (Phi) is 4.40. The molecule has 3 heterocycles. The molecule has 4 rings (SSSR count). The fourth-order valence-electron chi connectivity index (χ4n) is 2.82. The predicted octanol–water partition coefficient (Wildman–Crippen LogP) is 1.63. The van der Waals surface area contributed by atoms with Crippen LogP contribution in [-0.4, -0.2) is 50.2 Å². The number of β-amino-alcohol motifs (C(OH)–C–C–N with tert-alkyl or cyclic N) is 1. The quantitative estimate of drug-likeness (QED) is 0.746. The molecule has 8 heteroatoms. The summed E-state index contributed by atoms with van der Waals surface area (Å²) in [7, 11) is 1.82. The Hall–Kier alpha value is -3.13. The van der Waals surface area contributed by atoms with Crippen molar-refractivity contribution in [1.82, 2.24) is 19.7 Å². The summed E-state index contributed by atoms with van der Waals surface area (Å²) in [4.78, 5) is 10.6. The Labute approximate surface area is 150 Å². The summed E-state index contributed by atoms with van der Waals surface area (Å²) in [5.41, 5.74) is 0. The molecule has 1 saturated heterocycles. The third-order valence-electron chi connectivity index (χ3n) is 4.07. The van der Waals surface area contributed by atoms with E-state index in [2.05, 4.69) is 15.1 Å². The highest BCUT2D eigenvalue weighted by Crippen LogP contribution is 2.24. The van der Waals surface area contributed by atoms with Crippen molar-refractivity contribution in [2.24, 2.45) is 7.05 Å². The molecule has 8 nitrogen and oxygen atoms in total. The molecular weight excluding hydrogens is 334 g/mol. The number of aliphatic hydroxyl groups is 1. The summed E-state index contributed by atoms with van der Waals surface area (Å²) in [6, 6.07) is 11.1. The van der Waals surface area contributed by atoms with Crippen LogP contribution in [0.1, 0.15) is 0 Å². The van der Waals surface area contributed by atoms with Crippen molar-refractivity contribution in [2.45, 2.75) is 12.2 Å². The van der Waals surface area contributed by atoms with Crippen molar-refractivity contribution in [3.05, 3.63) is 55.0 Å². The summed E-state index contributed by atoms with van der Waals surface area (Å²) in [6.07, 6.45) is 4.02. The highest BCUT2D eigenvalue weighted by Gasteiger charge is 2.34. The van der Waals surface area contributed by atoms with Gasteiger partial charge >= 0.3 is 0 Å². The van der Waals surface area contributed by atoms with Gasteiger partial charge in [-0.15, -0.1) is 0 Å². The standard InChI is InChI=1S/C18H19N5O3/c1-22-10-14(9-20-22)25-16-12-23(11-15(16)24)18-19-8-7-17(21-18)26-13-5-3-2-4-6-13/h2-10,15-16,24H,11-12H2,1H3/t15-,16-/m1/s1. The van der Waals surface area contributed by atoms with Gasteiger partial charge in [-0.1, -0.05) is 18.2 Å². The van der Waals surface area contributed by atoms with Gasteiger partial charge in [0.1, 0.15) is 18.0 Å². The van der Waals surface area contributed by atoms with Crippen LogP contribution in [0.15, 0.2) is 55.0 Å². The second kappa shape index (κ2) is 7.01. The Bertz CT molecular complexity index is 870. The third-order valence-corrected chi connectivity index (χ3v) is 4.07. The van der Waals surface area contributed by atoms with Crippen molar-refractivity contribution in [3.63, 3.8) is 0 Å². The summed E-state index contributed by atoms with van der Waals surface area (Å²) in [5, 5.41) is 14.4. The number of ether oxygens (including phenoxy) is 2. The van der Waals surface area contributed by atoms with E-state index in [1.54, 1.807) is 29.3 Å². The van der Waals surface area contributed by atoms with Crippen LogP contribution in [0, 0.1) is 0 Å². The molecule has 1 aliphatic rings. The monoisotopic (exact) mass is 353 g/mol. The van der Waals surface area contributed by atoms with E-state index in [9.17, 15) is 5.11 Å². The number of hydrogen-bond acceptors (Lipinski definition) is 7. The second-order valence-corrected chi connectivity index (χ2v) is 6.09. The molecule has 0 radical (unpaired) electrons. The van der Waals surface area contributed by atoms with Gasteiger partial charge in [-0.2, -0.15) is 10.1 Å². The van der Waals surface area contributed by atoms with Gasteiger partial charge in [0.25, 0.3) is 0 Å². The maximum absolute atomic E-state index is 10.3. The molecule has 0 aliphatic carbocycles. The molecule has 0 spiro atoms. The van der Waals surface area contributed by atoms with Crippen molar-refractivity contribution in [3.8, 4) is 17.4 Å². The van der Waals surface area contributed by atoms with E-state index in [0.717, 1.165) is 0 Å². The van der Waals surface area contributed by atoms with E-state index in [-0.39, 0.29) is 6.10 Å². The average Bonchev–Trinajstić information content (AvgIpc) is 3.22. The van der Waals surface area contributed by atoms with E-state index in [0.29, 0.717) is 36.4 Å². The molecule has 1 aromatic carbocycles. The lowest BCUT2D eigenvalue weighted by Gasteiger charge is -2.16. The van der Waals surface area contributed by atoms with Crippen LogP contribution >= 0.6 is 0 Å². The van der Waals surface area contributed by atoms with E-state index >= 15 is 0 Å². The van der Waals surface area contributed by atoms with E-state index in [4.69, 9.17) is 9.47 Å². The summed E-state index contributed by atoms with van der Waals surface area (Å²) in [6.45, 7) is 0.866. The first kappa shape index (κ1) is 16.3. The molecule has 0 unspecified atom stereocenters. The molecule has 3 aromatic rings. The van der Waals surface area contributed by atoms with E-state index in [1.807, 2.05) is 42.3 Å². The van der Waals surface area contributed by atoms with Gasteiger partial charge in [0.2, 0.25) is 11.8 Å². The summed E-state index contributed by atoms with van der Waals surface area (Å²) in [5.74, 6) is 2.28. The molecule has 26 heavy (non-hydrogen) atoms. The molecule has 1 fully saturated rings. The van der Waals surface area contributed by atoms with Crippen molar-refractivity contribution < 1.29 is 14.6 Å². The molecular formula is C18H19N5O3. The van der Waals surface area contributed by atoms with Crippen LogP contribution in [0.4, 0.5) is 5.95 Å². The Morgan fingerprint density at radius 2 is 1.96 bits per heavy atom.